The van der Waals surface area contributed by atoms with Crippen LogP contribution in [0, 0.1) is 0 Å². The molecule has 118 valence electrons. The summed E-state index contributed by atoms with van der Waals surface area (Å²) in [6, 6.07) is 7.00. The highest BCUT2D eigenvalue weighted by atomic mass is 35.5. The number of benzene rings is 1. The third-order valence-corrected chi connectivity index (χ3v) is 3.16. The van der Waals surface area contributed by atoms with E-state index in [1.165, 1.54) is 6.20 Å². The van der Waals surface area contributed by atoms with Crippen molar-refractivity contribution in [2.75, 3.05) is 17.6 Å². The van der Waals surface area contributed by atoms with Crippen molar-refractivity contribution >= 4 is 23.4 Å². The van der Waals surface area contributed by atoms with Gasteiger partial charge in [0.1, 0.15) is 5.75 Å². The third kappa shape index (κ3) is 5.05. The summed E-state index contributed by atoms with van der Waals surface area (Å²) in [5.74, 6) is 1.80. The van der Waals surface area contributed by atoms with E-state index in [9.17, 15) is 5.11 Å². The Kier molecular flexibility index (Phi) is 5.80. The first-order chi connectivity index (χ1) is 10.5. The van der Waals surface area contributed by atoms with Gasteiger partial charge in [-0.3, -0.25) is 0 Å². The van der Waals surface area contributed by atoms with E-state index in [0.29, 0.717) is 35.3 Å². The van der Waals surface area contributed by atoms with E-state index in [-0.39, 0.29) is 12.1 Å². The molecule has 4 N–H and O–H groups in total. The van der Waals surface area contributed by atoms with E-state index < -0.39 is 0 Å². The Bertz CT molecular complexity index is 605. The zero-order valence-corrected chi connectivity index (χ0v) is 13.0. The Labute approximate surface area is 134 Å². The number of rotatable bonds is 7. The number of hydrogen-bond donors (Lipinski definition) is 3. The number of nitrogens with one attached hydrogen (secondary N) is 1. The van der Waals surface area contributed by atoms with Crippen molar-refractivity contribution < 1.29 is 9.84 Å². The van der Waals surface area contributed by atoms with E-state index in [4.69, 9.17) is 22.1 Å². The number of nitrogens with two attached hydrogens (primary N) is 1. The second-order valence-corrected chi connectivity index (χ2v) is 5.35. The molecular weight excluding hydrogens is 304 g/mol. The summed E-state index contributed by atoms with van der Waals surface area (Å²) >= 11 is 5.85. The van der Waals surface area contributed by atoms with Crippen LogP contribution < -0.4 is 15.8 Å². The number of aromatic nitrogens is 2. The number of hydrogen-bond acceptors (Lipinski definition) is 6. The molecule has 0 saturated heterocycles. The highest BCUT2D eigenvalue weighted by Gasteiger charge is 2.08. The van der Waals surface area contributed by atoms with Crippen LogP contribution in [0.2, 0.25) is 5.02 Å². The normalized spacial score (nSPS) is 12.0. The van der Waals surface area contributed by atoms with E-state index in [1.54, 1.807) is 31.2 Å². The van der Waals surface area contributed by atoms with Crippen molar-refractivity contribution in [3.05, 3.63) is 35.5 Å². The number of aliphatic hydroxyl groups excluding tert-OH is 1. The average molecular weight is 323 g/mol. The van der Waals surface area contributed by atoms with Crippen LogP contribution in [0.1, 0.15) is 19.8 Å². The molecule has 0 aliphatic heterocycles. The SMILES string of the molecule is CC(O)CCCNc1nc(N)ncc1Oc1ccc(Cl)cc1. The quantitative estimate of drug-likeness (QED) is 0.678. The summed E-state index contributed by atoms with van der Waals surface area (Å²) in [6.45, 7) is 2.41. The van der Waals surface area contributed by atoms with Crippen molar-refractivity contribution in [1.82, 2.24) is 9.97 Å². The van der Waals surface area contributed by atoms with Crippen LogP contribution in [-0.4, -0.2) is 27.7 Å². The van der Waals surface area contributed by atoms with Gasteiger partial charge in [0.05, 0.1) is 12.3 Å². The van der Waals surface area contributed by atoms with E-state index in [0.717, 1.165) is 6.42 Å². The largest absolute Gasteiger partial charge is 0.452 e. The van der Waals surface area contributed by atoms with Crippen LogP contribution in [0.25, 0.3) is 0 Å². The first kappa shape index (κ1) is 16.3. The van der Waals surface area contributed by atoms with Crippen LogP contribution in [0.3, 0.4) is 0 Å². The van der Waals surface area contributed by atoms with Crippen LogP contribution in [0.5, 0.6) is 11.5 Å². The van der Waals surface area contributed by atoms with Gasteiger partial charge in [0, 0.05) is 11.6 Å². The number of aliphatic hydroxyl groups is 1. The molecule has 1 aromatic heterocycles. The zero-order chi connectivity index (χ0) is 15.9. The molecule has 0 bridgehead atoms. The molecule has 0 spiro atoms. The van der Waals surface area contributed by atoms with Gasteiger partial charge in [0.25, 0.3) is 0 Å². The average Bonchev–Trinajstić information content (AvgIpc) is 2.48. The fourth-order valence-corrected chi connectivity index (χ4v) is 1.95. The second-order valence-electron chi connectivity index (χ2n) is 4.92. The lowest BCUT2D eigenvalue weighted by Gasteiger charge is -2.12. The van der Waals surface area contributed by atoms with Crippen LogP contribution in [0.15, 0.2) is 30.5 Å². The van der Waals surface area contributed by atoms with Gasteiger partial charge in [-0.25, -0.2) is 4.98 Å². The molecule has 2 rings (SSSR count). The fourth-order valence-electron chi connectivity index (χ4n) is 1.82. The predicted molar refractivity (Wildman–Crippen MR) is 87.4 cm³/mol. The summed E-state index contributed by atoms with van der Waals surface area (Å²) in [5, 5.41) is 13.0. The highest BCUT2D eigenvalue weighted by molar-refractivity contribution is 6.30. The molecule has 0 aliphatic carbocycles. The Balaban J connectivity index is 2.05. The van der Waals surface area contributed by atoms with Gasteiger partial charge < -0.3 is 20.9 Å². The number of halogens is 1. The Morgan fingerprint density at radius 3 is 2.77 bits per heavy atom. The van der Waals surface area contributed by atoms with E-state index in [1.807, 2.05) is 0 Å². The lowest BCUT2D eigenvalue weighted by molar-refractivity contribution is 0.183. The van der Waals surface area contributed by atoms with Gasteiger partial charge in [-0.1, -0.05) is 11.6 Å². The van der Waals surface area contributed by atoms with Crippen LogP contribution in [-0.2, 0) is 0 Å². The minimum atomic E-state index is -0.318. The Hall–Kier alpha value is -2.05. The molecule has 22 heavy (non-hydrogen) atoms. The second kappa shape index (κ2) is 7.82. The van der Waals surface area contributed by atoms with Gasteiger partial charge in [-0.2, -0.15) is 4.98 Å². The standard InChI is InChI=1S/C15H19ClN4O2/c1-10(21)3-2-8-18-14-13(9-19-15(17)20-14)22-12-6-4-11(16)5-7-12/h4-7,9-10,21H,2-3,8H2,1H3,(H3,17,18,19,20). The number of anilines is 2. The summed E-state index contributed by atoms with van der Waals surface area (Å²) in [7, 11) is 0. The zero-order valence-electron chi connectivity index (χ0n) is 12.3. The molecule has 0 aliphatic rings. The highest BCUT2D eigenvalue weighted by Crippen LogP contribution is 2.28. The lowest BCUT2D eigenvalue weighted by Crippen LogP contribution is -2.09. The van der Waals surface area contributed by atoms with Gasteiger partial charge in [0.2, 0.25) is 5.95 Å². The molecule has 1 unspecified atom stereocenters. The Morgan fingerprint density at radius 1 is 1.36 bits per heavy atom. The number of nitrogens with zero attached hydrogens (tertiary/aromatic N) is 2. The molecule has 0 saturated carbocycles. The molecule has 1 heterocycles. The topological polar surface area (TPSA) is 93.3 Å². The third-order valence-electron chi connectivity index (χ3n) is 2.91. The van der Waals surface area contributed by atoms with E-state index in [2.05, 4.69) is 15.3 Å². The van der Waals surface area contributed by atoms with Crippen molar-refractivity contribution in [1.29, 1.82) is 0 Å². The molecule has 0 fully saturated rings. The van der Waals surface area contributed by atoms with Gasteiger partial charge in [0.15, 0.2) is 11.6 Å². The molecule has 0 amide bonds. The molecule has 1 atom stereocenters. The molecule has 6 nitrogen and oxygen atoms in total. The maximum absolute atomic E-state index is 9.26. The summed E-state index contributed by atoms with van der Waals surface area (Å²) in [6.07, 6.45) is 2.72. The molecular formula is C15H19ClN4O2. The molecule has 7 heteroatoms. The van der Waals surface area contributed by atoms with Gasteiger partial charge in [-0.05, 0) is 44.0 Å². The Morgan fingerprint density at radius 2 is 2.09 bits per heavy atom. The number of nitrogen functional groups attached to an aromatic ring is 1. The fraction of sp³-hybridized carbons (Fsp3) is 0.333. The smallest absolute Gasteiger partial charge is 0.222 e. The molecule has 0 radical (unpaired) electrons. The van der Waals surface area contributed by atoms with Crippen molar-refractivity contribution in [2.45, 2.75) is 25.9 Å². The van der Waals surface area contributed by atoms with Crippen molar-refractivity contribution in [3.8, 4) is 11.5 Å². The minimum absolute atomic E-state index is 0.168. The predicted octanol–water partition coefficient (Wildman–Crippen LogP) is 3.08. The van der Waals surface area contributed by atoms with E-state index >= 15 is 0 Å². The number of ether oxygens (including phenoxy) is 1. The van der Waals surface area contributed by atoms with Crippen molar-refractivity contribution in [3.63, 3.8) is 0 Å². The monoisotopic (exact) mass is 322 g/mol. The maximum atomic E-state index is 9.26. The summed E-state index contributed by atoms with van der Waals surface area (Å²) in [5.41, 5.74) is 5.62. The summed E-state index contributed by atoms with van der Waals surface area (Å²) in [4.78, 5) is 8.09. The van der Waals surface area contributed by atoms with Gasteiger partial charge in [-0.15, -0.1) is 0 Å². The minimum Gasteiger partial charge on any atom is -0.452 e. The first-order valence-electron chi connectivity index (χ1n) is 7.02. The first-order valence-corrected chi connectivity index (χ1v) is 7.40. The van der Waals surface area contributed by atoms with Crippen LogP contribution >= 0.6 is 11.6 Å². The van der Waals surface area contributed by atoms with Gasteiger partial charge >= 0.3 is 0 Å². The molecule has 2 aromatic rings. The summed E-state index contributed by atoms with van der Waals surface area (Å²) < 4.78 is 5.75. The maximum Gasteiger partial charge on any atom is 0.222 e. The van der Waals surface area contributed by atoms with Crippen molar-refractivity contribution in [2.24, 2.45) is 0 Å². The van der Waals surface area contributed by atoms with Crippen LogP contribution in [0.4, 0.5) is 11.8 Å². The lowest BCUT2D eigenvalue weighted by atomic mass is 10.2. The molecule has 1 aromatic carbocycles.